The maximum Gasteiger partial charge on any atom is 0.295 e. The number of carbonyl (C=O) groups excluding carboxylic acids is 2. The van der Waals surface area contributed by atoms with E-state index in [-0.39, 0.29) is 23.6 Å². The molecule has 3 aromatic carbocycles. The number of non-ortho nitro benzene ring substituents is 1. The number of nitro groups is 1. The van der Waals surface area contributed by atoms with Gasteiger partial charge in [-0.3, -0.25) is 19.7 Å². The van der Waals surface area contributed by atoms with Crippen molar-refractivity contribution in [3.05, 3.63) is 111 Å². The number of hydrogen-bond acceptors (Lipinski definition) is 7. The number of amides is 1. The number of nitro benzene ring substituents is 1. The van der Waals surface area contributed by atoms with Gasteiger partial charge in [0.2, 0.25) is 0 Å². The highest BCUT2D eigenvalue weighted by Crippen LogP contribution is 2.40. The highest BCUT2D eigenvalue weighted by atomic mass is 16.6. The SMILES string of the molecule is CCN(CC)CCN1C(=O)C(=O)/C(=C(/O)c2ccc(OCc3ccccc3)c(C)c2)[C@@H]1c1cccc([N+](=O)[O-])c1. The number of likely N-dealkylation sites (tertiary alicyclic amines) is 1. The van der Waals surface area contributed by atoms with Crippen molar-refractivity contribution in [2.75, 3.05) is 26.2 Å². The summed E-state index contributed by atoms with van der Waals surface area (Å²) < 4.78 is 5.94. The van der Waals surface area contributed by atoms with Crippen LogP contribution in [0.1, 0.15) is 42.1 Å². The molecule has 208 valence electrons. The number of likely N-dealkylation sites (N-methyl/N-ethyl adjacent to an activating group) is 1. The first-order valence-corrected chi connectivity index (χ1v) is 13.3. The molecular formula is C31H33N3O6. The average molecular weight is 544 g/mol. The minimum absolute atomic E-state index is 0.0950. The number of aliphatic hydroxyl groups excluding tert-OH is 1. The molecule has 1 atom stereocenters. The third-order valence-corrected chi connectivity index (χ3v) is 7.17. The Bertz CT molecular complexity index is 1430. The van der Waals surface area contributed by atoms with Gasteiger partial charge in [0.1, 0.15) is 18.1 Å². The lowest BCUT2D eigenvalue weighted by molar-refractivity contribution is -0.384. The van der Waals surface area contributed by atoms with Gasteiger partial charge in [-0.15, -0.1) is 0 Å². The maximum absolute atomic E-state index is 13.3. The van der Waals surface area contributed by atoms with Gasteiger partial charge in [-0.1, -0.05) is 56.3 Å². The zero-order valence-electron chi connectivity index (χ0n) is 22.9. The first-order chi connectivity index (χ1) is 19.2. The van der Waals surface area contributed by atoms with Crippen LogP contribution in [-0.4, -0.2) is 57.7 Å². The molecule has 1 N–H and O–H groups in total. The van der Waals surface area contributed by atoms with Crippen LogP contribution in [0.2, 0.25) is 0 Å². The van der Waals surface area contributed by atoms with Gasteiger partial charge in [0.15, 0.2) is 0 Å². The van der Waals surface area contributed by atoms with E-state index in [9.17, 15) is 24.8 Å². The molecule has 9 nitrogen and oxygen atoms in total. The van der Waals surface area contributed by atoms with E-state index in [1.807, 2.05) is 51.1 Å². The van der Waals surface area contributed by atoms with E-state index in [2.05, 4.69) is 4.90 Å². The molecule has 4 rings (SSSR count). The molecule has 1 saturated heterocycles. The Morgan fingerprint density at radius 3 is 2.40 bits per heavy atom. The summed E-state index contributed by atoms with van der Waals surface area (Å²) in [6.07, 6.45) is 0. The van der Waals surface area contributed by atoms with Crippen molar-refractivity contribution >= 4 is 23.1 Å². The predicted octanol–water partition coefficient (Wildman–Crippen LogP) is 5.25. The second kappa shape index (κ2) is 12.6. The molecule has 3 aromatic rings. The Kier molecular flexibility index (Phi) is 8.96. The number of aryl methyl sites for hydroxylation is 1. The molecule has 9 heteroatoms. The molecule has 0 spiro atoms. The molecule has 1 fully saturated rings. The van der Waals surface area contributed by atoms with Crippen LogP contribution in [0.3, 0.4) is 0 Å². The smallest absolute Gasteiger partial charge is 0.295 e. The number of nitrogens with zero attached hydrogens (tertiary/aromatic N) is 3. The van der Waals surface area contributed by atoms with E-state index in [1.165, 1.54) is 23.1 Å². The molecular weight excluding hydrogens is 510 g/mol. The molecule has 1 heterocycles. The zero-order chi connectivity index (χ0) is 28.8. The summed E-state index contributed by atoms with van der Waals surface area (Å²) in [4.78, 5) is 41.1. The highest BCUT2D eigenvalue weighted by Gasteiger charge is 2.46. The summed E-state index contributed by atoms with van der Waals surface area (Å²) in [6, 6.07) is 19.6. The van der Waals surface area contributed by atoms with Crippen molar-refractivity contribution in [3.63, 3.8) is 0 Å². The number of benzene rings is 3. The van der Waals surface area contributed by atoms with Crippen LogP contribution in [0.25, 0.3) is 5.76 Å². The number of ether oxygens (including phenoxy) is 1. The maximum atomic E-state index is 13.3. The van der Waals surface area contributed by atoms with Crippen LogP contribution in [0.5, 0.6) is 5.75 Å². The predicted molar refractivity (Wildman–Crippen MR) is 152 cm³/mol. The number of aliphatic hydroxyl groups is 1. The zero-order valence-corrected chi connectivity index (χ0v) is 22.9. The summed E-state index contributed by atoms with van der Waals surface area (Å²) >= 11 is 0. The van der Waals surface area contributed by atoms with Gasteiger partial charge in [0.25, 0.3) is 17.4 Å². The molecule has 0 radical (unpaired) electrons. The fourth-order valence-corrected chi connectivity index (χ4v) is 4.90. The topological polar surface area (TPSA) is 113 Å². The Labute approximate surface area is 233 Å². The van der Waals surface area contributed by atoms with E-state index < -0.39 is 22.7 Å². The van der Waals surface area contributed by atoms with Crippen molar-refractivity contribution in [2.24, 2.45) is 0 Å². The van der Waals surface area contributed by atoms with E-state index in [0.29, 0.717) is 30.0 Å². The summed E-state index contributed by atoms with van der Waals surface area (Å²) in [6.45, 7) is 8.48. The lowest BCUT2D eigenvalue weighted by Gasteiger charge is -2.28. The molecule has 1 aliphatic rings. The minimum Gasteiger partial charge on any atom is -0.507 e. The monoisotopic (exact) mass is 543 g/mol. The molecule has 1 amide bonds. The van der Waals surface area contributed by atoms with E-state index >= 15 is 0 Å². The van der Waals surface area contributed by atoms with Crippen molar-refractivity contribution < 1.29 is 24.4 Å². The molecule has 0 aliphatic carbocycles. The van der Waals surface area contributed by atoms with Gasteiger partial charge in [-0.25, -0.2) is 0 Å². The Morgan fingerprint density at radius 2 is 1.75 bits per heavy atom. The third kappa shape index (κ3) is 6.05. The summed E-state index contributed by atoms with van der Waals surface area (Å²) in [7, 11) is 0. The van der Waals surface area contributed by atoms with Crippen molar-refractivity contribution in [1.29, 1.82) is 0 Å². The Hall–Kier alpha value is -4.50. The molecule has 0 unspecified atom stereocenters. The van der Waals surface area contributed by atoms with Gasteiger partial charge in [-0.2, -0.15) is 0 Å². The molecule has 0 aromatic heterocycles. The van der Waals surface area contributed by atoms with Crippen LogP contribution >= 0.6 is 0 Å². The Balaban J connectivity index is 1.72. The van der Waals surface area contributed by atoms with Gasteiger partial charge in [-0.05, 0) is 54.9 Å². The lowest BCUT2D eigenvalue weighted by Crippen LogP contribution is -2.38. The normalized spacial score (nSPS) is 16.5. The van der Waals surface area contributed by atoms with Gasteiger partial charge in [0, 0.05) is 30.8 Å². The van der Waals surface area contributed by atoms with Crippen LogP contribution in [0.15, 0.2) is 78.4 Å². The van der Waals surface area contributed by atoms with E-state index in [4.69, 9.17) is 4.74 Å². The van der Waals surface area contributed by atoms with Crippen LogP contribution in [0.4, 0.5) is 5.69 Å². The first kappa shape index (κ1) is 28.5. The van der Waals surface area contributed by atoms with Gasteiger partial charge >= 0.3 is 0 Å². The second-order valence-electron chi connectivity index (χ2n) is 9.63. The molecule has 0 bridgehead atoms. The fourth-order valence-electron chi connectivity index (χ4n) is 4.90. The highest BCUT2D eigenvalue weighted by molar-refractivity contribution is 6.46. The minimum atomic E-state index is -0.968. The fraction of sp³-hybridized carbons (Fsp3) is 0.290. The number of Topliss-reactive ketones (excluding diaryl/α,β-unsaturated/α-hetero) is 1. The first-order valence-electron chi connectivity index (χ1n) is 13.3. The van der Waals surface area contributed by atoms with Crippen molar-refractivity contribution in [3.8, 4) is 5.75 Å². The third-order valence-electron chi connectivity index (χ3n) is 7.17. The number of hydrogen-bond donors (Lipinski definition) is 1. The largest absolute Gasteiger partial charge is 0.507 e. The van der Waals surface area contributed by atoms with Crippen molar-refractivity contribution in [1.82, 2.24) is 9.80 Å². The standard InChI is InChI=1S/C31H33N3O6/c1-4-32(5-2)16-17-33-28(23-12-9-13-25(19-23)34(38)39)27(30(36)31(33)37)29(35)24-14-15-26(21(3)18-24)40-20-22-10-7-6-8-11-22/h6-15,18-19,28,35H,4-5,16-17,20H2,1-3H3/b29-27+/t28-/m0/s1. The summed E-state index contributed by atoms with van der Waals surface area (Å²) in [5.41, 5.74) is 2.22. The van der Waals surface area contributed by atoms with E-state index in [0.717, 1.165) is 24.2 Å². The Morgan fingerprint density at radius 1 is 1.02 bits per heavy atom. The van der Waals surface area contributed by atoms with E-state index in [1.54, 1.807) is 24.3 Å². The van der Waals surface area contributed by atoms with Crippen LogP contribution in [-0.2, 0) is 16.2 Å². The van der Waals surface area contributed by atoms with Crippen LogP contribution < -0.4 is 4.74 Å². The number of rotatable bonds is 11. The second-order valence-corrected chi connectivity index (χ2v) is 9.63. The quantitative estimate of drug-likeness (QED) is 0.116. The van der Waals surface area contributed by atoms with Gasteiger partial charge in [0.05, 0.1) is 16.5 Å². The average Bonchev–Trinajstić information content (AvgIpc) is 3.22. The van der Waals surface area contributed by atoms with Crippen LogP contribution in [0, 0.1) is 17.0 Å². The summed E-state index contributed by atoms with van der Waals surface area (Å²) in [5, 5.41) is 22.9. The van der Waals surface area contributed by atoms with Crippen molar-refractivity contribution in [2.45, 2.75) is 33.4 Å². The van der Waals surface area contributed by atoms with Gasteiger partial charge < -0.3 is 19.6 Å². The number of ketones is 1. The summed E-state index contributed by atoms with van der Waals surface area (Å²) in [5.74, 6) is -1.28. The molecule has 40 heavy (non-hydrogen) atoms. The lowest BCUT2D eigenvalue weighted by atomic mass is 9.94. The number of carbonyl (C=O) groups is 2. The molecule has 1 aliphatic heterocycles. The molecule has 0 saturated carbocycles.